The lowest BCUT2D eigenvalue weighted by Gasteiger charge is -2.26. The summed E-state index contributed by atoms with van der Waals surface area (Å²) in [5.41, 5.74) is -0.287. The number of aliphatic carboxylic acids is 1. The summed E-state index contributed by atoms with van der Waals surface area (Å²) in [7, 11) is -4.43. The molecule has 0 radical (unpaired) electrons. The number of benzene rings is 2. The predicted octanol–water partition coefficient (Wildman–Crippen LogP) is 3.57. The summed E-state index contributed by atoms with van der Waals surface area (Å²) in [6.45, 7) is 0.628. The zero-order valence-corrected chi connectivity index (χ0v) is 16.2. The summed E-state index contributed by atoms with van der Waals surface area (Å²) < 4.78 is 26.8. The van der Waals surface area contributed by atoms with E-state index >= 15 is 0 Å². The fourth-order valence-corrected chi connectivity index (χ4v) is 4.65. The van der Waals surface area contributed by atoms with Gasteiger partial charge >= 0.3 is 5.97 Å². The number of carboxylic acid groups (broad SMARTS) is 1. The Morgan fingerprint density at radius 2 is 1.89 bits per heavy atom. The highest BCUT2D eigenvalue weighted by atomic mass is 35.5. The van der Waals surface area contributed by atoms with E-state index in [-0.39, 0.29) is 26.2 Å². The van der Waals surface area contributed by atoms with Crippen LogP contribution in [0.15, 0.2) is 47.4 Å². The minimum atomic E-state index is -4.43. The summed E-state index contributed by atoms with van der Waals surface area (Å²) in [6, 6.07) is 7.72. The highest BCUT2D eigenvalue weighted by Crippen LogP contribution is 2.31. The normalized spacial score (nSPS) is 12.7. The molecule has 8 nitrogen and oxygen atoms in total. The molecule has 1 atom stereocenters. The fourth-order valence-electron chi connectivity index (χ4n) is 2.34. The maximum atomic E-state index is 13.1. The van der Waals surface area contributed by atoms with Gasteiger partial charge in [-0.15, -0.1) is 0 Å². The Morgan fingerprint density at radius 1 is 1.26 bits per heavy atom. The SMILES string of the molecule is C[C@@H](C(=O)O)N(Cc1ccccc1[N+](=O)[O-])S(=O)(=O)c1cc(Cl)ccc1Cl. The van der Waals surface area contributed by atoms with Gasteiger partial charge in [-0.2, -0.15) is 4.31 Å². The quantitative estimate of drug-likeness (QED) is 0.527. The highest BCUT2D eigenvalue weighted by molar-refractivity contribution is 7.89. The lowest BCUT2D eigenvalue weighted by Crippen LogP contribution is -2.42. The maximum Gasteiger partial charge on any atom is 0.321 e. The second-order valence-corrected chi connectivity index (χ2v) is 8.23. The third-order valence-electron chi connectivity index (χ3n) is 3.78. The van der Waals surface area contributed by atoms with E-state index in [9.17, 15) is 28.4 Å². The first-order chi connectivity index (χ1) is 12.6. The molecule has 0 heterocycles. The number of nitrogens with zero attached hydrogens (tertiary/aromatic N) is 2. The average Bonchev–Trinajstić information content (AvgIpc) is 2.60. The van der Waals surface area contributed by atoms with Gasteiger partial charge in [0.1, 0.15) is 10.9 Å². The van der Waals surface area contributed by atoms with Crippen LogP contribution in [0.2, 0.25) is 10.0 Å². The van der Waals surface area contributed by atoms with Gasteiger partial charge in [-0.3, -0.25) is 14.9 Å². The van der Waals surface area contributed by atoms with Crippen LogP contribution in [0, 0.1) is 10.1 Å². The molecule has 0 aliphatic carbocycles. The highest BCUT2D eigenvalue weighted by Gasteiger charge is 2.35. The first kappa shape index (κ1) is 21.1. The van der Waals surface area contributed by atoms with Crippen LogP contribution in [0.5, 0.6) is 0 Å². The third kappa shape index (κ3) is 4.56. The van der Waals surface area contributed by atoms with E-state index in [0.717, 1.165) is 13.0 Å². The number of hydrogen-bond acceptors (Lipinski definition) is 5. The van der Waals surface area contributed by atoms with E-state index in [4.69, 9.17) is 23.2 Å². The standard InChI is InChI=1S/C16H14Cl2N2O6S/c1-10(16(21)22)19(9-11-4-2-3-5-14(11)20(23)24)27(25,26)15-8-12(17)6-7-13(15)18/h2-8,10H,9H2,1H3,(H,21,22)/t10-/m0/s1. The van der Waals surface area contributed by atoms with E-state index in [2.05, 4.69) is 0 Å². The van der Waals surface area contributed by atoms with Gasteiger partial charge in [0.15, 0.2) is 0 Å². The molecule has 0 aliphatic rings. The van der Waals surface area contributed by atoms with Crippen molar-refractivity contribution in [3.63, 3.8) is 0 Å². The number of hydrogen-bond donors (Lipinski definition) is 1. The average molecular weight is 433 g/mol. The third-order valence-corrected chi connectivity index (χ3v) is 6.42. The van der Waals surface area contributed by atoms with E-state index < -0.39 is 33.5 Å². The summed E-state index contributed by atoms with van der Waals surface area (Å²) in [6.07, 6.45) is 0. The van der Waals surface area contributed by atoms with E-state index in [0.29, 0.717) is 4.31 Å². The van der Waals surface area contributed by atoms with Crippen LogP contribution >= 0.6 is 23.2 Å². The number of halogens is 2. The van der Waals surface area contributed by atoms with Crippen molar-refractivity contribution < 1.29 is 23.2 Å². The van der Waals surface area contributed by atoms with Crippen LogP contribution in [-0.2, 0) is 21.4 Å². The first-order valence-electron chi connectivity index (χ1n) is 7.47. The van der Waals surface area contributed by atoms with E-state index in [1.807, 2.05) is 0 Å². The molecule has 0 bridgehead atoms. The van der Waals surface area contributed by atoms with Crippen molar-refractivity contribution in [3.8, 4) is 0 Å². The molecular formula is C16H14Cl2N2O6S. The molecular weight excluding hydrogens is 419 g/mol. The minimum Gasteiger partial charge on any atom is -0.480 e. The second-order valence-electron chi connectivity index (χ2n) is 5.53. The molecule has 11 heteroatoms. The number of carboxylic acids is 1. The Labute approximate surface area is 165 Å². The van der Waals surface area contributed by atoms with E-state index in [1.165, 1.54) is 36.4 Å². The van der Waals surface area contributed by atoms with E-state index in [1.54, 1.807) is 0 Å². The summed E-state index contributed by atoms with van der Waals surface area (Å²) in [4.78, 5) is 21.6. The lowest BCUT2D eigenvalue weighted by molar-refractivity contribution is -0.385. The van der Waals surface area contributed by atoms with Gasteiger partial charge < -0.3 is 5.11 Å². The number of carbonyl (C=O) groups is 1. The zero-order chi connectivity index (χ0) is 20.4. The lowest BCUT2D eigenvalue weighted by atomic mass is 10.1. The van der Waals surface area contributed by atoms with Gasteiger partial charge in [0.25, 0.3) is 5.69 Å². The molecule has 27 heavy (non-hydrogen) atoms. The van der Waals surface area contributed by atoms with Crippen LogP contribution < -0.4 is 0 Å². The largest absolute Gasteiger partial charge is 0.480 e. The molecule has 144 valence electrons. The van der Waals surface area contributed by atoms with Crippen LogP contribution in [-0.4, -0.2) is 34.8 Å². The molecule has 0 amide bonds. The van der Waals surface area contributed by atoms with Crippen molar-refractivity contribution in [1.82, 2.24) is 4.31 Å². The molecule has 0 unspecified atom stereocenters. The molecule has 2 aromatic carbocycles. The molecule has 0 aromatic heterocycles. The second kappa shape index (κ2) is 8.22. The first-order valence-corrected chi connectivity index (χ1v) is 9.67. The van der Waals surface area contributed by atoms with Crippen molar-refractivity contribution in [2.75, 3.05) is 0 Å². The van der Waals surface area contributed by atoms with Crippen molar-refractivity contribution in [3.05, 3.63) is 68.2 Å². The monoisotopic (exact) mass is 432 g/mol. The fraction of sp³-hybridized carbons (Fsp3) is 0.188. The smallest absolute Gasteiger partial charge is 0.321 e. The van der Waals surface area contributed by atoms with Gasteiger partial charge in [-0.05, 0) is 25.1 Å². The molecule has 0 saturated heterocycles. The van der Waals surface area contributed by atoms with Crippen LogP contribution in [0.4, 0.5) is 5.69 Å². The summed E-state index contributed by atoms with van der Waals surface area (Å²) >= 11 is 11.8. The Bertz CT molecular complexity index is 996. The van der Waals surface area contributed by atoms with Crippen molar-refractivity contribution in [1.29, 1.82) is 0 Å². The summed E-state index contributed by atoms with van der Waals surface area (Å²) in [5.74, 6) is -1.42. The molecule has 0 saturated carbocycles. The summed E-state index contributed by atoms with van der Waals surface area (Å²) in [5, 5.41) is 20.5. The number of sulfonamides is 1. The molecule has 2 rings (SSSR count). The maximum absolute atomic E-state index is 13.1. The molecule has 0 fully saturated rings. The van der Waals surface area contributed by atoms with Crippen LogP contribution in [0.25, 0.3) is 0 Å². The Kier molecular flexibility index (Phi) is 6.42. The van der Waals surface area contributed by atoms with Gasteiger partial charge in [0.05, 0.1) is 9.95 Å². The minimum absolute atomic E-state index is 0.0392. The number of rotatable bonds is 7. The Hall–Kier alpha value is -2.20. The Morgan fingerprint density at radius 3 is 2.48 bits per heavy atom. The molecule has 2 aromatic rings. The van der Waals surface area contributed by atoms with Gasteiger partial charge in [0, 0.05) is 23.2 Å². The van der Waals surface area contributed by atoms with Crippen molar-refractivity contribution in [2.24, 2.45) is 0 Å². The molecule has 0 spiro atoms. The number of nitro benzene ring substituents is 1. The molecule has 1 N–H and O–H groups in total. The zero-order valence-electron chi connectivity index (χ0n) is 13.9. The number of para-hydroxylation sites is 1. The van der Waals surface area contributed by atoms with Crippen LogP contribution in [0.3, 0.4) is 0 Å². The van der Waals surface area contributed by atoms with Gasteiger partial charge in [-0.1, -0.05) is 41.4 Å². The predicted molar refractivity (Wildman–Crippen MR) is 99.4 cm³/mol. The topological polar surface area (TPSA) is 118 Å². The van der Waals surface area contributed by atoms with Gasteiger partial charge in [0.2, 0.25) is 10.0 Å². The Balaban J connectivity index is 2.61. The number of nitro groups is 1. The molecule has 0 aliphatic heterocycles. The van der Waals surface area contributed by atoms with Gasteiger partial charge in [-0.25, -0.2) is 8.42 Å². The van der Waals surface area contributed by atoms with Crippen molar-refractivity contribution >= 4 is 44.9 Å². The van der Waals surface area contributed by atoms with Crippen LogP contribution in [0.1, 0.15) is 12.5 Å². The van der Waals surface area contributed by atoms with Crippen molar-refractivity contribution in [2.45, 2.75) is 24.4 Å².